The van der Waals surface area contributed by atoms with Gasteiger partial charge >= 0.3 is 6.09 Å². The Kier molecular flexibility index (Phi) is 5.68. The number of aromatic nitrogens is 3. The molecule has 0 saturated heterocycles. The van der Waals surface area contributed by atoms with E-state index in [9.17, 15) is 9.59 Å². The van der Waals surface area contributed by atoms with E-state index in [1.54, 1.807) is 54.9 Å². The third-order valence-electron chi connectivity index (χ3n) is 3.78. The highest BCUT2D eigenvalue weighted by atomic mass is 35.5. The second kappa shape index (κ2) is 8.33. The third-order valence-corrected chi connectivity index (χ3v) is 4.03. The second-order valence-corrected chi connectivity index (χ2v) is 6.16. The lowest BCUT2D eigenvalue weighted by molar-refractivity contribution is -0.118. The summed E-state index contributed by atoms with van der Waals surface area (Å²) < 4.78 is 0. The molecule has 3 rings (SSSR count). The van der Waals surface area contributed by atoms with Crippen LogP contribution in [0.1, 0.15) is 5.56 Å². The number of H-pyrrole nitrogens is 1. The van der Waals surface area contributed by atoms with Crippen molar-refractivity contribution >= 4 is 29.4 Å². The van der Waals surface area contributed by atoms with Crippen molar-refractivity contribution in [3.63, 3.8) is 0 Å². The predicted molar refractivity (Wildman–Crippen MR) is 101 cm³/mol. The summed E-state index contributed by atoms with van der Waals surface area (Å²) in [6, 6.07) is 11.1. The van der Waals surface area contributed by atoms with Gasteiger partial charge in [-0.1, -0.05) is 23.7 Å². The van der Waals surface area contributed by atoms with Crippen molar-refractivity contribution in [3.05, 3.63) is 65.4 Å². The molecule has 0 saturated carbocycles. The summed E-state index contributed by atoms with van der Waals surface area (Å²) in [7, 11) is 0. The molecule has 1 aromatic carbocycles. The van der Waals surface area contributed by atoms with Crippen LogP contribution in [0.25, 0.3) is 11.3 Å². The van der Waals surface area contributed by atoms with E-state index in [1.807, 2.05) is 0 Å². The minimum Gasteiger partial charge on any atom is -0.465 e. The first-order valence-electron chi connectivity index (χ1n) is 8.02. The molecule has 8 nitrogen and oxygen atoms in total. The van der Waals surface area contributed by atoms with Crippen molar-refractivity contribution in [1.29, 1.82) is 0 Å². The number of carbonyl (C=O) groups excluding carboxylic acids is 1. The van der Waals surface area contributed by atoms with E-state index >= 15 is 0 Å². The van der Waals surface area contributed by atoms with Crippen molar-refractivity contribution in [2.24, 2.45) is 0 Å². The Morgan fingerprint density at radius 1 is 1.15 bits per heavy atom. The summed E-state index contributed by atoms with van der Waals surface area (Å²) in [5.74, 6) is -0.141. The Bertz CT molecular complexity index is 928. The summed E-state index contributed by atoms with van der Waals surface area (Å²) in [6.45, 7) is 0. The molecular formula is C18H16ClN5O3. The number of carbonyl (C=O) groups is 2. The van der Waals surface area contributed by atoms with E-state index in [4.69, 9.17) is 16.7 Å². The average Bonchev–Trinajstić information content (AvgIpc) is 3.12. The number of aromatic amines is 1. The highest BCUT2D eigenvalue weighted by Gasteiger charge is 2.22. The van der Waals surface area contributed by atoms with Gasteiger partial charge in [0.25, 0.3) is 0 Å². The van der Waals surface area contributed by atoms with Crippen LogP contribution < -0.4 is 10.6 Å². The van der Waals surface area contributed by atoms with Gasteiger partial charge in [0.05, 0.1) is 5.69 Å². The normalized spacial score (nSPS) is 11.6. The summed E-state index contributed by atoms with van der Waals surface area (Å²) in [6.07, 6.45) is 2.18. The van der Waals surface area contributed by atoms with Crippen molar-refractivity contribution in [2.45, 2.75) is 12.5 Å². The molecule has 9 heteroatoms. The molecule has 2 aromatic heterocycles. The van der Waals surface area contributed by atoms with Crippen molar-refractivity contribution in [3.8, 4) is 11.3 Å². The molecule has 0 aliphatic rings. The fourth-order valence-corrected chi connectivity index (χ4v) is 2.62. The number of benzene rings is 1. The molecule has 3 aromatic rings. The van der Waals surface area contributed by atoms with Crippen LogP contribution in [-0.4, -0.2) is 38.3 Å². The van der Waals surface area contributed by atoms with E-state index in [0.717, 1.165) is 11.1 Å². The van der Waals surface area contributed by atoms with Crippen molar-refractivity contribution in [2.75, 3.05) is 5.32 Å². The van der Waals surface area contributed by atoms with E-state index < -0.39 is 18.0 Å². The number of hydrogen-bond acceptors (Lipinski definition) is 4. The lowest BCUT2D eigenvalue weighted by atomic mass is 10.1. The SMILES string of the molecule is O=C(O)NC(Cc1ccc(Cl)cc1)C(=O)Nc1cc(-c2ccncc2)n[nH]1. The maximum absolute atomic E-state index is 12.5. The number of nitrogens with zero attached hydrogens (tertiary/aromatic N) is 2. The Labute approximate surface area is 159 Å². The van der Waals surface area contributed by atoms with Crippen LogP contribution in [0, 0.1) is 0 Å². The summed E-state index contributed by atoms with van der Waals surface area (Å²) in [4.78, 5) is 27.5. The zero-order valence-electron chi connectivity index (χ0n) is 14.0. The molecule has 2 heterocycles. The first-order valence-corrected chi connectivity index (χ1v) is 8.39. The first-order chi connectivity index (χ1) is 13.0. The summed E-state index contributed by atoms with van der Waals surface area (Å²) >= 11 is 5.85. The smallest absolute Gasteiger partial charge is 0.405 e. The molecule has 0 fully saturated rings. The van der Waals surface area contributed by atoms with Gasteiger partial charge in [0, 0.05) is 35.5 Å². The topological polar surface area (TPSA) is 120 Å². The van der Waals surface area contributed by atoms with Gasteiger partial charge in [-0.05, 0) is 29.8 Å². The largest absolute Gasteiger partial charge is 0.465 e. The standard InChI is InChI=1S/C18H16ClN5O3/c19-13-3-1-11(2-4-13)9-15(21-18(26)27)17(25)22-16-10-14(23-24-16)12-5-7-20-8-6-12/h1-8,10,15,21H,9H2,(H,26,27)(H2,22,23,24,25). The van der Waals surface area contributed by atoms with Crippen LogP contribution >= 0.6 is 11.6 Å². The monoisotopic (exact) mass is 385 g/mol. The van der Waals surface area contributed by atoms with E-state index in [2.05, 4.69) is 25.8 Å². The van der Waals surface area contributed by atoms with E-state index in [1.165, 1.54) is 0 Å². The lowest BCUT2D eigenvalue weighted by Gasteiger charge is -2.16. The highest BCUT2D eigenvalue weighted by Crippen LogP contribution is 2.19. The fourth-order valence-electron chi connectivity index (χ4n) is 2.49. The zero-order valence-corrected chi connectivity index (χ0v) is 14.8. The molecule has 4 N–H and O–H groups in total. The van der Waals surface area contributed by atoms with Gasteiger partial charge in [0.1, 0.15) is 11.9 Å². The van der Waals surface area contributed by atoms with Gasteiger partial charge in [-0.2, -0.15) is 5.10 Å². The van der Waals surface area contributed by atoms with Crippen LogP contribution in [-0.2, 0) is 11.2 Å². The minimum atomic E-state index is -1.29. The van der Waals surface area contributed by atoms with E-state index in [0.29, 0.717) is 16.5 Å². The number of anilines is 1. The number of hydrogen-bond donors (Lipinski definition) is 4. The molecule has 0 aliphatic carbocycles. The highest BCUT2D eigenvalue weighted by molar-refractivity contribution is 6.30. The quantitative estimate of drug-likeness (QED) is 0.520. The Balaban J connectivity index is 1.71. The number of halogens is 1. The van der Waals surface area contributed by atoms with Crippen LogP contribution in [0.4, 0.5) is 10.6 Å². The van der Waals surface area contributed by atoms with Crippen molar-refractivity contribution < 1.29 is 14.7 Å². The number of carboxylic acid groups (broad SMARTS) is 1. The van der Waals surface area contributed by atoms with Crippen LogP contribution in [0.3, 0.4) is 0 Å². The Hall–Kier alpha value is -3.39. The molecule has 0 spiro atoms. The molecule has 27 heavy (non-hydrogen) atoms. The van der Waals surface area contributed by atoms with Gasteiger partial charge in [0.2, 0.25) is 5.91 Å². The van der Waals surface area contributed by atoms with Gasteiger partial charge in [-0.25, -0.2) is 4.79 Å². The van der Waals surface area contributed by atoms with Gasteiger partial charge in [-0.15, -0.1) is 0 Å². The van der Waals surface area contributed by atoms with Crippen LogP contribution in [0.5, 0.6) is 0 Å². The molecule has 138 valence electrons. The predicted octanol–water partition coefficient (Wildman–Crippen LogP) is 2.94. The van der Waals surface area contributed by atoms with Gasteiger partial charge in [0.15, 0.2) is 0 Å². The number of nitrogens with one attached hydrogen (secondary N) is 3. The summed E-state index contributed by atoms with van der Waals surface area (Å²) in [5, 5.41) is 21.3. The molecule has 1 unspecified atom stereocenters. The zero-order chi connectivity index (χ0) is 19.2. The van der Waals surface area contributed by atoms with E-state index in [-0.39, 0.29) is 6.42 Å². The maximum Gasteiger partial charge on any atom is 0.405 e. The fraction of sp³-hybridized carbons (Fsp3) is 0.111. The lowest BCUT2D eigenvalue weighted by Crippen LogP contribution is -2.44. The number of pyridine rings is 1. The molecule has 2 amide bonds. The molecular weight excluding hydrogens is 370 g/mol. The van der Waals surface area contributed by atoms with Gasteiger partial charge < -0.3 is 15.7 Å². The third kappa shape index (κ3) is 5.05. The van der Waals surface area contributed by atoms with Crippen molar-refractivity contribution in [1.82, 2.24) is 20.5 Å². The molecule has 1 atom stereocenters. The van der Waals surface area contributed by atoms with Crippen LogP contribution in [0.15, 0.2) is 54.9 Å². The number of amides is 2. The minimum absolute atomic E-state index is 0.181. The second-order valence-electron chi connectivity index (χ2n) is 5.72. The average molecular weight is 386 g/mol. The Morgan fingerprint density at radius 2 is 1.85 bits per heavy atom. The van der Waals surface area contributed by atoms with Gasteiger partial charge in [-0.3, -0.25) is 14.9 Å². The van der Waals surface area contributed by atoms with Crippen LogP contribution in [0.2, 0.25) is 5.02 Å². The number of rotatable bonds is 6. The molecule has 0 aliphatic heterocycles. The first kappa shape index (κ1) is 18.4. The maximum atomic E-state index is 12.5. The molecule has 0 radical (unpaired) electrons. The summed E-state index contributed by atoms with van der Waals surface area (Å²) in [5.41, 5.74) is 2.24. The Morgan fingerprint density at radius 3 is 2.52 bits per heavy atom. The molecule has 0 bridgehead atoms.